The van der Waals surface area contributed by atoms with E-state index in [1.807, 2.05) is 0 Å². The standard InChI is InChI=1S/C24H13Br2Cl2FN2O3S/c25-15-8-13(9-16(26)21(15)34-11-12-5-6-17(27)18(28)10-12)7-14-22(32)30-24(35)31(23(14)33)20-4-2-1-3-19(20)29/h1-10H,11H2,(H,30,32,35)/b14-7+. The Morgan fingerprint density at radius 1 is 1.03 bits per heavy atom. The highest BCUT2D eigenvalue weighted by atomic mass is 79.9. The number of para-hydroxylation sites is 1. The molecule has 3 aromatic rings. The summed E-state index contributed by atoms with van der Waals surface area (Å²) in [4.78, 5) is 26.6. The van der Waals surface area contributed by atoms with Crippen molar-refractivity contribution in [3.8, 4) is 5.75 Å². The van der Waals surface area contributed by atoms with Crippen LogP contribution in [0.5, 0.6) is 5.75 Å². The Hall–Kier alpha value is -2.30. The van der Waals surface area contributed by atoms with E-state index in [1.54, 1.807) is 36.4 Å². The summed E-state index contributed by atoms with van der Waals surface area (Å²) >= 11 is 24.0. The van der Waals surface area contributed by atoms with Crippen LogP contribution < -0.4 is 15.0 Å². The molecule has 1 aliphatic rings. The predicted molar refractivity (Wildman–Crippen MR) is 145 cm³/mol. The molecule has 4 rings (SSSR count). The number of nitrogens with one attached hydrogen (secondary N) is 1. The van der Waals surface area contributed by atoms with Crippen LogP contribution in [0, 0.1) is 5.82 Å². The largest absolute Gasteiger partial charge is 0.487 e. The van der Waals surface area contributed by atoms with Crippen LogP contribution in [0.1, 0.15) is 11.1 Å². The maximum absolute atomic E-state index is 14.3. The van der Waals surface area contributed by atoms with Crippen molar-refractivity contribution < 1.29 is 18.7 Å². The molecule has 3 aromatic carbocycles. The van der Waals surface area contributed by atoms with Crippen molar-refractivity contribution in [3.05, 3.63) is 96.1 Å². The number of halogens is 5. The lowest BCUT2D eigenvalue weighted by Gasteiger charge is -2.29. The summed E-state index contributed by atoms with van der Waals surface area (Å²) in [5.41, 5.74) is 1.08. The fourth-order valence-electron chi connectivity index (χ4n) is 3.26. The highest BCUT2D eigenvalue weighted by Crippen LogP contribution is 2.36. The van der Waals surface area contributed by atoms with E-state index >= 15 is 0 Å². The van der Waals surface area contributed by atoms with Gasteiger partial charge in [0.25, 0.3) is 11.8 Å². The molecule has 1 heterocycles. The van der Waals surface area contributed by atoms with Crippen LogP contribution in [0.25, 0.3) is 6.08 Å². The van der Waals surface area contributed by atoms with Gasteiger partial charge in [-0.3, -0.25) is 14.9 Å². The number of benzene rings is 3. The van der Waals surface area contributed by atoms with Crippen LogP contribution in [0.4, 0.5) is 10.1 Å². The van der Waals surface area contributed by atoms with Gasteiger partial charge in [0.2, 0.25) is 0 Å². The Morgan fingerprint density at radius 2 is 1.71 bits per heavy atom. The summed E-state index contributed by atoms with van der Waals surface area (Å²) in [7, 11) is 0. The van der Waals surface area contributed by atoms with Crippen molar-refractivity contribution in [3.63, 3.8) is 0 Å². The topological polar surface area (TPSA) is 58.6 Å². The third-order valence-corrected chi connectivity index (χ3v) is 7.10. The Bertz CT molecular complexity index is 1390. The molecule has 5 nitrogen and oxygen atoms in total. The maximum Gasteiger partial charge on any atom is 0.270 e. The smallest absolute Gasteiger partial charge is 0.270 e. The van der Waals surface area contributed by atoms with Crippen molar-refractivity contribution >= 4 is 96.0 Å². The van der Waals surface area contributed by atoms with Crippen LogP contribution in [0.2, 0.25) is 10.0 Å². The quantitative estimate of drug-likeness (QED) is 0.181. The van der Waals surface area contributed by atoms with Gasteiger partial charge in [-0.05, 0) is 97.7 Å². The number of hydrogen-bond donors (Lipinski definition) is 1. The number of anilines is 1. The molecule has 0 aromatic heterocycles. The first-order chi connectivity index (χ1) is 16.7. The predicted octanol–water partition coefficient (Wildman–Crippen LogP) is 7.07. The molecule has 35 heavy (non-hydrogen) atoms. The minimum Gasteiger partial charge on any atom is -0.487 e. The SMILES string of the molecule is O=C1NC(=S)N(c2ccccc2F)C(=O)/C1=C/c1cc(Br)c(OCc2ccc(Cl)c(Cl)c2)c(Br)c1. The molecule has 0 radical (unpaired) electrons. The van der Waals surface area contributed by atoms with Gasteiger partial charge >= 0.3 is 0 Å². The van der Waals surface area contributed by atoms with E-state index in [2.05, 4.69) is 37.2 Å². The molecule has 0 unspecified atom stereocenters. The number of nitrogens with zero attached hydrogens (tertiary/aromatic N) is 1. The van der Waals surface area contributed by atoms with Crippen LogP contribution in [0.15, 0.2) is 69.1 Å². The summed E-state index contributed by atoms with van der Waals surface area (Å²) < 4.78 is 21.4. The first-order valence-electron chi connectivity index (χ1n) is 9.87. The average Bonchev–Trinajstić information content (AvgIpc) is 2.79. The Kier molecular flexibility index (Phi) is 7.92. The minimum atomic E-state index is -0.740. The zero-order chi connectivity index (χ0) is 25.3. The number of carbonyl (C=O) groups is 2. The van der Waals surface area contributed by atoms with Gasteiger partial charge < -0.3 is 4.74 Å². The van der Waals surface area contributed by atoms with Crippen molar-refractivity contribution in [2.24, 2.45) is 0 Å². The highest BCUT2D eigenvalue weighted by Gasteiger charge is 2.35. The number of thiocarbonyl (C=S) groups is 1. The lowest BCUT2D eigenvalue weighted by atomic mass is 10.1. The van der Waals surface area contributed by atoms with Gasteiger partial charge in [0.05, 0.1) is 24.7 Å². The van der Waals surface area contributed by atoms with Crippen LogP contribution in [-0.2, 0) is 16.2 Å². The molecule has 0 aliphatic carbocycles. The third-order valence-electron chi connectivity index (χ3n) is 4.89. The molecule has 178 valence electrons. The molecule has 0 spiro atoms. The molecular formula is C24H13Br2Cl2FN2O3S. The second kappa shape index (κ2) is 10.8. The van der Waals surface area contributed by atoms with E-state index in [-0.39, 0.29) is 23.0 Å². The van der Waals surface area contributed by atoms with E-state index in [0.717, 1.165) is 10.5 Å². The summed E-state index contributed by atoms with van der Waals surface area (Å²) in [6.07, 6.45) is 1.39. The van der Waals surface area contributed by atoms with Crippen molar-refractivity contribution in [1.29, 1.82) is 0 Å². The zero-order valence-corrected chi connectivity index (χ0v) is 23.0. The first-order valence-corrected chi connectivity index (χ1v) is 12.6. The molecule has 0 saturated carbocycles. The number of rotatable bonds is 5. The van der Waals surface area contributed by atoms with E-state index in [4.69, 9.17) is 40.2 Å². The molecule has 11 heteroatoms. The number of hydrogen-bond acceptors (Lipinski definition) is 4. The molecule has 0 bridgehead atoms. The summed E-state index contributed by atoms with van der Waals surface area (Å²) in [6.45, 7) is 0.227. The van der Waals surface area contributed by atoms with Gasteiger partial charge in [-0.15, -0.1) is 0 Å². The molecule has 1 aliphatic heterocycles. The van der Waals surface area contributed by atoms with Gasteiger partial charge in [-0.25, -0.2) is 9.29 Å². The molecule has 1 saturated heterocycles. The normalized spacial score (nSPS) is 14.9. The molecule has 2 amide bonds. The minimum absolute atomic E-state index is 0.0539. The van der Waals surface area contributed by atoms with Crippen molar-refractivity contribution in [2.75, 3.05) is 4.90 Å². The second-order valence-corrected chi connectivity index (χ2v) is 10.2. The number of ether oxygens (including phenoxy) is 1. The molecular weight excluding hydrogens is 646 g/mol. The highest BCUT2D eigenvalue weighted by molar-refractivity contribution is 9.11. The van der Waals surface area contributed by atoms with Crippen LogP contribution in [0.3, 0.4) is 0 Å². The monoisotopic (exact) mass is 656 g/mol. The zero-order valence-electron chi connectivity index (χ0n) is 17.5. The fraction of sp³-hybridized carbons (Fsp3) is 0.0417. The van der Waals surface area contributed by atoms with E-state index in [9.17, 15) is 14.0 Å². The Morgan fingerprint density at radius 3 is 2.37 bits per heavy atom. The molecule has 0 atom stereocenters. The third kappa shape index (κ3) is 5.59. The van der Waals surface area contributed by atoms with Gasteiger partial charge in [-0.2, -0.15) is 0 Å². The maximum atomic E-state index is 14.3. The lowest BCUT2D eigenvalue weighted by molar-refractivity contribution is -0.122. The van der Waals surface area contributed by atoms with Crippen molar-refractivity contribution in [2.45, 2.75) is 6.61 Å². The van der Waals surface area contributed by atoms with Crippen LogP contribution in [-0.4, -0.2) is 16.9 Å². The summed E-state index contributed by atoms with van der Waals surface area (Å²) in [5.74, 6) is -1.56. The fourth-order valence-corrected chi connectivity index (χ4v) is 5.31. The van der Waals surface area contributed by atoms with E-state index in [1.165, 1.54) is 24.3 Å². The average molecular weight is 659 g/mol. The lowest BCUT2D eigenvalue weighted by Crippen LogP contribution is -2.54. The van der Waals surface area contributed by atoms with Crippen molar-refractivity contribution in [1.82, 2.24) is 5.32 Å². The molecule has 1 fully saturated rings. The second-order valence-electron chi connectivity index (χ2n) is 7.26. The van der Waals surface area contributed by atoms with Gasteiger partial charge in [0, 0.05) is 0 Å². The van der Waals surface area contributed by atoms with Gasteiger partial charge in [0.1, 0.15) is 23.7 Å². The Balaban J connectivity index is 1.61. The number of amides is 2. The van der Waals surface area contributed by atoms with Gasteiger partial charge in [0.15, 0.2) is 5.11 Å². The summed E-state index contributed by atoms with van der Waals surface area (Å²) in [5, 5.41) is 3.11. The number of carbonyl (C=O) groups excluding carboxylic acids is 2. The van der Waals surface area contributed by atoms with E-state index < -0.39 is 17.6 Å². The van der Waals surface area contributed by atoms with Gasteiger partial charge in [-0.1, -0.05) is 41.4 Å². The Labute approximate surface area is 232 Å². The van der Waals surface area contributed by atoms with E-state index in [0.29, 0.717) is 30.3 Å². The molecule has 1 N–H and O–H groups in total. The van der Waals surface area contributed by atoms with Crippen LogP contribution >= 0.6 is 67.3 Å². The summed E-state index contributed by atoms with van der Waals surface area (Å²) in [6, 6.07) is 14.2. The first kappa shape index (κ1) is 25.8.